The highest BCUT2D eigenvalue weighted by Gasteiger charge is 2.48. The van der Waals surface area contributed by atoms with Crippen molar-refractivity contribution in [1.29, 1.82) is 0 Å². The molecule has 0 spiro atoms. The lowest BCUT2D eigenvalue weighted by Crippen LogP contribution is -2.55. The molecule has 1 fully saturated rings. The van der Waals surface area contributed by atoms with Crippen molar-refractivity contribution in [2.24, 2.45) is 5.41 Å². The molecule has 94 valence electrons. The van der Waals surface area contributed by atoms with Crippen LogP contribution in [0.2, 0.25) is 0 Å². The Hall–Kier alpha value is -0.890. The minimum Gasteiger partial charge on any atom is -0.314 e. The summed E-state index contributed by atoms with van der Waals surface area (Å²) in [5.74, 6) is 0.395. The van der Waals surface area contributed by atoms with Crippen molar-refractivity contribution in [1.82, 2.24) is 5.32 Å². The topological polar surface area (TPSA) is 12.0 Å². The van der Waals surface area contributed by atoms with Crippen molar-refractivity contribution >= 4 is 0 Å². The Morgan fingerprint density at radius 2 is 2.12 bits per heavy atom. The van der Waals surface area contributed by atoms with Crippen molar-refractivity contribution in [2.45, 2.75) is 46.1 Å². The molecular formula is C15H22FN. The summed E-state index contributed by atoms with van der Waals surface area (Å²) in [6.45, 7) is 9.49. The van der Waals surface area contributed by atoms with Crippen molar-refractivity contribution < 1.29 is 4.39 Å². The average Bonchev–Trinajstić information content (AvgIpc) is 2.28. The van der Waals surface area contributed by atoms with E-state index in [9.17, 15) is 4.39 Å². The molecule has 0 heterocycles. The molecule has 0 radical (unpaired) electrons. The van der Waals surface area contributed by atoms with Crippen LogP contribution in [-0.4, -0.2) is 12.6 Å². The summed E-state index contributed by atoms with van der Waals surface area (Å²) in [5.41, 5.74) is 2.10. The quantitative estimate of drug-likeness (QED) is 0.843. The first-order chi connectivity index (χ1) is 7.96. The zero-order chi connectivity index (χ0) is 12.6. The molecular weight excluding hydrogens is 213 g/mol. The maximum Gasteiger partial charge on any atom is 0.126 e. The van der Waals surface area contributed by atoms with Crippen LogP contribution in [0.25, 0.3) is 0 Å². The molecule has 0 saturated heterocycles. The zero-order valence-electron chi connectivity index (χ0n) is 11.2. The number of hydrogen-bond acceptors (Lipinski definition) is 1. The lowest BCUT2D eigenvalue weighted by molar-refractivity contribution is 0.0704. The van der Waals surface area contributed by atoms with E-state index in [1.807, 2.05) is 13.0 Å². The average molecular weight is 235 g/mol. The molecule has 1 saturated carbocycles. The molecule has 1 aromatic rings. The predicted octanol–water partition coefficient (Wildman–Crippen LogP) is 3.63. The second-order valence-electron chi connectivity index (χ2n) is 5.73. The number of nitrogens with one attached hydrogen (secondary N) is 1. The number of rotatable bonds is 3. The molecule has 1 nitrogen and oxygen atoms in total. The fraction of sp³-hybridized carbons (Fsp3) is 0.600. The Morgan fingerprint density at radius 3 is 2.65 bits per heavy atom. The second kappa shape index (κ2) is 4.41. The second-order valence-corrected chi connectivity index (χ2v) is 5.73. The monoisotopic (exact) mass is 235 g/mol. The molecule has 2 unspecified atom stereocenters. The smallest absolute Gasteiger partial charge is 0.126 e. The van der Waals surface area contributed by atoms with E-state index >= 15 is 0 Å². The Kier molecular flexibility index (Phi) is 3.26. The molecule has 1 N–H and O–H groups in total. The summed E-state index contributed by atoms with van der Waals surface area (Å²) >= 11 is 0. The van der Waals surface area contributed by atoms with E-state index in [4.69, 9.17) is 0 Å². The first kappa shape index (κ1) is 12.6. The third kappa shape index (κ3) is 2.11. The highest BCUT2D eigenvalue weighted by Crippen LogP contribution is 2.52. The van der Waals surface area contributed by atoms with Gasteiger partial charge in [0.2, 0.25) is 0 Å². The van der Waals surface area contributed by atoms with Gasteiger partial charge in [-0.15, -0.1) is 0 Å². The van der Waals surface area contributed by atoms with Crippen molar-refractivity contribution in [3.05, 3.63) is 35.1 Å². The van der Waals surface area contributed by atoms with Gasteiger partial charge in [-0.1, -0.05) is 32.9 Å². The van der Waals surface area contributed by atoms with Gasteiger partial charge in [-0.25, -0.2) is 4.39 Å². The van der Waals surface area contributed by atoms with Gasteiger partial charge in [0.05, 0.1) is 0 Å². The van der Waals surface area contributed by atoms with Crippen LogP contribution in [-0.2, 0) is 0 Å². The minimum absolute atomic E-state index is 0.0785. The largest absolute Gasteiger partial charge is 0.314 e. The van der Waals surface area contributed by atoms with Crippen molar-refractivity contribution in [3.8, 4) is 0 Å². The van der Waals surface area contributed by atoms with Crippen molar-refractivity contribution in [2.75, 3.05) is 6.54 Å². The van der Waals surface area contributed by atoms with Gasteiger partial charge < -0.3 is 5.32 Å². The normalized spacial score (nSPS) is 26.6. The molecule has 2 atom stereocenters. The third-order valence-corrected chi connectivity index (χ3v) is 4.32. The predicted molar refractivity (Wildman–Crippen MR) is 69.7 cm³/mol. The molecule has 0 amide bonds. The van der Waals surface area contributed by atoms with Crippen LogP contribution in [0, 0.1) is 18.2 Å². The summed E-state index contributed by atoms with van der Waals surface area (Å²) in [4.78, 5) is 0. The van der Waals surface area contributed by atoms with E-state index < -0.39 is 0 Å². The Balaban J connectivity index is 2.17. The van der Waals surface area contributed by atoms with Crippen LogP contribution >= 0.6 is 0 Å². The van der Waals surface area contributed by atoms with E-state index in [0.717, 1.165) is 24.1 Å². The van der Waals surface area contributed by atoms with Gasteiger partial charge in [0, 0.05) is 6.04 Å². The summed E-state index contributed by atoms with van der Waals surface area (Å²) in [6.07, 6.45) is 1.11. The molecule has 2 heteroatoms. The van der Waals surface area contributed by atoms with Gasteiger partial charge in [0.15, 0.2) is 0 Å². The summed E-state index contributed by atoms with van der Waals surface area (Å²) in [7, 11) is 0. The molecule has 0 bridgehead atoms. The van der Waals surface area contributed by atoms with Gasteiger partial charge in [-0.2, -0.15) is 0 Å². The number of hydrogen-bond donors (Lipinski definition) is 1. The first-order valence-corrected chi connectivity index (χ1v) is 6.46. The molecule has 0 aliphatic heterocycles. The molecule has 2 rings (SSSR count). The van der Waals surface area contributed by atoms with Crippen LogP contribution in [0.4, 0.5) is 4.39 Å². The van der Waals surface area contributed by atoms with E-state index in [2.05, 4.69) is 32.2 Å². The maximum absolute atomic E-state index is 13.6. The lowest BCUT2D eigenvalue weighted by Gasteiger charge is -2.53. The standard InChI is InChI=1S/C15H22FN/c1-5-17-14-9-12(15(14,3)4)11-7-6-10(2)13(16)8-11/h6-8,12,14,17H,5,9H2,1-4H3. The van der Waals surface area contributed by atoms with E-state index in [1.165, 1.54) is 0 Å². The zero-order valence-corrected chi connectivity index (χ0v) is 11.2. The highest BCUT2D eigenvalue weighted by atomic mass is 19.1. The Morgan fingerprint density at radius 1 is 1.41 bits per heavy atom. The van der Waals surface area contributed by atoms with E-state index in [1.54, 1.807) is 6.07 Å². The number of aryl methyl sites for hydroxylation is 1. The first-order valence-electron chi connectivity index (χ1n) is 6.46. The van der Waals surface area contributed by atoms with Crippen LogP contribution < -0.4 is 5.32 Å². The minimum atomic E-state index is -0.0785. The van der Waals surface area contributed by atoms with Gasteiger partial charge in [0.1, 0.15) is 5.82 Å². The molecule has 17 heavy (non-hydrogen) atoms. The van der Waals surface area contributed by atoms with Gasteiger partial charge in [-0.3, -0.25) is 0 Å². The fourth-order valence-electron chi connectivity index (χ4n) is 2.91. The van der Waals surface area contributed by atoms with Gasteiger partial charge in [0.25, 0.3) is 0 Å². The lowest BCUT2D eigenvalue weighted by atomic mass is 9.56. The van der Waals surface area contributed by atoms with E-state index in [-0.39, 0.29) is 11.2 Å². The van der Waals surface area contributed by atoms with Crippen molar-refractivity contribution in [3.63, 3.8) is 0 Å². The van der Waals surface area contributed by atoms with Gasteiger partial charge >= 0.3 is 0 Å². The maximum atomic E-state index is 13.6. The fourth-order valence-corrected chi connectivity index (χ4v) is 2.91. The number of benzene rings is 1. The Labute approximate surface area is 103 Å². The summed E-state index contributed by atoms with van der Waals surface area (Å²) in [5, 5.41) is 3.50. The molecule has 1 aromatic carbocycles. The molecule has 1 aliphatic rings. The van der Waals surface area contributed by atoms with Gasteiger partial charge in [-0.05, 0) is 48.4 Å². The summed E-state index contributed by atoms with van der Waals surface area (Å²) in [6, 6.07) is 6.24. The number of halogens is 1. The van der Waals surface area contributed by atoms with Crippen LogP contribution in [0.3, 0.4) is 0 Å². The van der Waals surface area contributed by atoms with E-state index in [0.29, 0.717) is 12.0 Å². The third-order valence-electron chi connectivity index (χ3n) is 4.32. The summed E-state index contributed by atoms with van der Waals surface area (Å²) < 4.78 is 13.6. The molecule has 1 aliphatic carbocycles. The highest BCUT2D eigenvalue weighted by molar-refractivity contribution is 5.31. The Bertz CT molecular complexity index is 411. The van der Waals surface area contributed by atoms with Crippen LogP contribution in [0.1, 0.15) is 44.2 Å². The van der Waals surface area contributed by atoms with Crippen LogP contribution in [0.15, 0.2) is 18.2 Å². The SMILES string of the molecule is CCNC1CC(c2ccc(C)c(F)c2)C1(C)C. The molecule has 0 aromatic heterocycles. The van der Waals surface area contributed by atoms with Crippen LogP contribution in [0.5, 0.6) is 0 Å².